The van der Waals surface area contributed by atoms with Gasteiger partial charge in [-0.1, -0.05) is 26.3 Å². The number of carbonyl (C=O) groups excluding carboxylic acids is 1. The van der Waals surface area contributed by atoms with E-state index in [1.54, 1.807) is 6.08 Å². The summed E-state index contributed by atoms with van der Waals surface area (Å²) >= 11 is 0. The lowest BCUT2D eigenvalue weighted by Crippen LogP contribution is -2.43. The van der Waals surface area contributed by atoms with Gasteiger partial charge in [-0.3, -0.25) is 4.79 Å². The smallest absolute Gasteiger partial charge is 0.156 e. The fourth-order valence-electron chi connectivity index (χ4n) is 3.87. The van der Waals surface area contributed by atoms with Crippen LogP contribution in [-0.4, -0.2) is 16.5 Å². The quantitative estimate of drug-likeness (QED) is 0.759. The van der Waals surface area contributed by atoms with Gasteiger partial charge in [-0.05, 0) is 49.5 Å². The summed E-state index contributed by atoms with van der Waals surface area (Å²) < 4.78 is 0. The van der Waals surface area contributed by atoms with Crippen LogP contribution in [0.2, 0.25) is 0 Å². The van der Waals surface area contributed by atoms with Crippen LogP contribution in [0.25, 0.3) is 0 Å². The van der Waals surface area contributed by atoms with Crippen molar-refractivity contribution in [2.75, 3.05) is 0 Å². The topological polar surface area (TPSA) is 37.3 Å². The van der Waals surface area contributed by atoms with Gasteiger partial charge in [0.1, 0.15) is 0 Å². The van der Waals surface area contributed by atoms with Gasteiger partial charge < -0.3 is 5.11 Å². The summed E-state index contributed by atoms with van der Waals surface area (Å²) in [4.78, 5) is 11.9. The Morgan fingerprint density at radius 2 is 2.06 bits per heavy atom. The third-order valence-corrected chi connectivity index (χ3v) is 5.05. The lowest BCUT2D eigenvalue weighted by atomic mass is 9.68. The van der Waals surface area contributed by atoms with Gasteiger partial charge in [0, 0.05) is 6.42 Å². The highest BCUT2D eigenvalue weighted by atomic mass is 16.3. The first kappa shape index (κ1) is 12.8. The third kappa shape index (κ3) is 1.97. The second-order valence-corrected chi connectivity index (χ2v) is 6.69. The van der Waals surface area contributed by atoms with Gasteiger partial charge in [0.15, 0.2) is 5.78 Å². The molecule has 2 rings (SSSR count). The first-order chi connectivity index (χ1) is 7.78. The summed E-state index contributed by atoms with van der Waals surface area (Å²) in [5.41, 5.74) is 0.531. The summed E-state index contributed by atoms with van der Waals surface area (Å²) in [6.45, 7) is 8.39. The third-order valence-electron chi connectivity index (χ3n) is 5.05. The zero-order valence-electron chi connectivity index (χ0n) is 11.4. The highest BCUT2D eigenvalue weighted by Crippen LogP contribution is 2.57. The molecule has 1 fully saturated rings. The zero-order valence-corrected chi connectivity index (χ0v) is 11.4. The van der Waals surface area contributed by atoms with Crippen LogP contribution >= 0.6 is 0 Å². The van der Waals surface area contributed by atoms with Crippen molar-refractivity contribution in [3.63, 3.8) is 0 Å². The molecule has 2 heteroatoms. The van der Waals surface area contributed by atoms with Gasteiger partial charge in [0.25, 0.3) is 0 Å². The summed E-state index contributed by atoms with van der Waals surface area (Å²) in [6.07, 6.45) is 5.07. The van der Waals surface area contributed by atoms with E-state index >= 15 is 0 Å². The minimum atomic E-state index is -0.589. The number of hydrogen-bond acceptors (Lipinski definition) is 2. The minimum absolute atomic E-state index is 0.00956. The lowest BCUT2D eigenvalue weighted by Gasteiger charge is -2.40. The van der Waals surface area contributed by atoms with E-state index in [0.29, 0.717) is 6.42 Å². The highest BCUT2D eigenvalue weighted by Gasteiger charge is 2.55. The molecule has 96 valence electrons. The Labute approximate surface area is 104 Å². The molecule has 17 heavy (non-hydrogen) atoms. The number of aliphatic hydroxyl groups is 1. The van der Waals surface area contributed by atoms with Crippen molar-refractivity contribution in [3.8, 4) is 0 Å². The van der Waals surface area contributed by atoms with Crippen molar-refractivity contribution in [1.29, 1.82) is 0 Å². The second kappa shape index (κ2) is 3.94. The van der Waals surface area contributed by atoms with Gasteiger partial charge in [-0.15, -0.1) is 0 Å². The molecule has 0 bridgehead atoms. The summed E-state index contributed by atoms with van der Waals surface area (Å²) in [6, 6.07) is 0. The normalized spacial score (nSPS) is 42.4. The lowest BCUT2D eigenvalue weighted by molar-refractivity contribution is -0.118. The van der Waals surface area contributed by atoms with Crippen molar-refractivity contribution in [3.05, 3.63) is 11.6 Å². The standard InChI is InChI=1S/C15H24O2/c1-10(2)15(17)6-5-14(4)9-12(16)7-11(3)8-13(14)15/h7,10,13,17H,5-6,8-9H2,1-4H3/t13-,14+,15-/m1/s1. The molecule has 2 aliphatic carbocycles. The Bertz CT molecular complexity index is 369. The van der Waals surface area contributed by atoms with Crippen molar-refractivity contribution in [2.45, 2.75) is 59.0 Å². The first-order valence-corrected chi connectivity index (χ1v) is 6.70. The molecule has 0 saturated heterocycles. The van der Waals surface area contributed by atoms with Crippen LogP contribution in [0.5, 0.6) is 0 Å². The average Bonchev–Trinajstić information content (AvgIpc) is 2.39. The molecule has 3 atom stereocenters. The fourth-order valence-corrected chi connectivity index (χ4v) is 3.87. The maximum atomic E-state index is 11.9. The molecule has 0 aromatic carbocycles. The number of carbonyl (C=O) groups is 1. The van der Waals surface area contributed by atoms with Crippen molar-refractivity contribution in [2.24, 2.45) is 17.3 Å². The van der Waals surface area contributed by atoms with Crippen molar-refractivity contribution in [1.82, 2.24) is 0 Å². The van der Waals surface area contributed by atoms with E-state index in [4.69, 9.17) is 0 Å². The van der Waals surface area contributed by atoms with Crippen LogP contribution in [-0.2, 0) is 4.79 Å². The molecular formula is C15H24O2. The van der Waals surface area contributed by atoms with Crippen LogP contribution in [0.3, 0.4) is 0 Å². The predicted molar refractivity (Wildman–Crippen MR) is 68.6 cm³/mol. The number of fused-ring (bicyclic) bond motifs is 1. The molecule has 1 N–H and O–H groups in total. The van der Waals surface area contributed by atoms with E-state index in [1.165, 1.54) is 0 Å². The van der Waals surface area contributed by atoms with E-state index in [0.717, 1.165) is 24.8 Å². The van der Waals surface area contributed by atoms with E-state index < -0.39 is 5.60 Å². The number of ketones is 1. The van der Waals surface area contributed by atoms with Crippen LogP contribution in [0, 0.1) is 17.3 Å². The Morgan fingerprint density at radius 3 is 2.65 bits per heavy atom. The molecule has 2 aliphatic rings. The van der Waals surface area contributed by atoms with Crippen molar-refractivity contribution < 1.29 is 9.90 Å². The van der Waals surface area contributed by atoms with E-state index in [-0.39, 0.29) is 23.0 Å². The van der Waals surface area contributed by atoms with Crippen LogP contribution in [0.4, 0.5) is 0 Å². The Hall–Kier alpha value is -0.630. The molecule has 1 saturated carbocycles. The monoisotopic (exact) mass is 236 g/mol. The average molecular weight is 236 g/mol. The SMILES string of the molecule is CC1=CC(=O)C[C@]2(C)CC[C@@](O)(C(C)C)[C@@H]2C1. The molecule has 0 amide bonds. The molecule has 0 aromatic rings. The molecular weight excluding hydrogens is 212 g/mol. The zero-order chi connectivity index (χ0) is 12.8. The number of rotatable bonds is 1. The Morgan fingerprint density at radius 1 is 1.41 bits per heavy atom. The molecule has 0 aromatic heterocycles. The van der Waals surface area contributed by atoms with Crippen LogP contribution in [0.15, 0.2) is 11.6 Å². The molecule has 0 aliphatic heterocycles. The Balaban J connectivity index is 2.38. The number of hydrogen-bond donors (Lipinski definition) is 1. The van der Waals surface area contributed by atoms with E-state index in [9.17, 15) is 9.90 Å². The first-order valence-electron chi connectivity index (χ1n) is 6.70. The molecule has 0 radical (unpaired) electrons. The summed E-state index contributed by atoms with van der Waals surface area (Å²) in [7, 11) is 0. The van der Waals surface area contributed by atoms with Gasteiger partial charge in [-0.25, -0.2) is 0 Å². The van der Waals surface area contributed by atoms with E-state index in [1.807, 2.05) is 6.92 Å². The van der Waals surface area contributed by atoms with Crippen LogP contribution in [0.1, 0.15) is 53.4 Å². The molecule has 0 spiro atoms. The Kier molecular flexibility index (Phi) is 2.97. The highest BCUT2D eigenvalue weighted by molar-refractivity contribution is 5.91. The fraction of sp³-hybridized carbons (Fsp3) is 0.800. The maximum absolute atomic E-state index is 11.9. The van der Waals surface area contributed by atoms with Gasteiger partial charge >= 0.3 is 0 Å². The minimum Gasteiger partial charge on any atom is -0.389 e. The largest absolute Gasteiger partial charge is 0.389 e. The summed E-state index contributed by atoms with van der Waals surface area (Å²) in [5.74, 6) is 0.730. The molecule has 0 heterocycles. The van der Waals surface area contributed by atoms with E-state index in [2.05, 4.69) is 20.8 Å². The van der Waals surface area contributed by atoms with Gasteiger partial charge in [0.05, 0.1) is 5.60 Å². The molecule has 2 nitrogen and oxygen atoms in total. The van der Waals surface area contributed by atoms with Crippen molar-refractivity contribution >= 4 is 5.78 Å². The number of allylic oxidation sites excluding steroid dienone is 2. The molecule has 0 unspecified atom stereocenters. The predicted octanol–water partition coefficient (Wildman–Crippen LogP) is 3.10. The summed E-state index contributed by atoms with van der Waals surface area (Å²) in [5, 5.41) is 10.9. The van der Waals surface area contributed by atoms with Crippen LogP contribution < -0.4 is 0 Å². The maximum Gasteiger partial charge on any atom is 0.156 e. The van der Waals surface area contributed by atoms with Gasteiger partial charge in [0.2, 0.25) is 0 Å². The second-order valence-electron chi connectivity index (χ2n) is 6.69. The van der Waals surface area contributed by atoms with Gasteiger partial charge in [-0.2, -0.15) is 0 Å².